The van der Waals surface area contributed by atoms with E-state index in [4.69, 9.17) is 0 Å². The molecule has 132 valence electrons. The molecule has 1 saturated heterocycles. The van der Waals surface area contributed by atoms with Crippen LogP contribution in [0.5, 0.6) is 0 Å². The molecule has 1 aliphatic heterocycles. The van der Waals surface area contributed by atoms with Crippen LogP contribution in [0.4, 0.5) is 5.82 Å². The van der Waals surface area contributed by atoms with Crippen LogP contribution in [0.25, 0.3) is 5.57 Å². The first-order chi connectivity index (χ1) is 12.0. The van der Waals surface area contributed by atoms with Crippen LogP contribution in [0.1, 0.15) is 25.2 Å². The molecule has 25 heavy (non-hydrogen) atoms. The third-order valence-electron chi connectivity index (χ3n) is 4.34. The van der Waals surface area contributed by atoms with Gasteiger partial charge in [-0.25, -0.2) is 4.98 Å². The van der Waals surface area contributed by atoms with E-state index < -0.39 is 0 Å². The summed E-state index contributed by atoms with van der Waals surface area (Å²) in [5.74, 6) is 0.589. The third kappa shape index (κ3) is 3.55. The van der Waals surface area contributed by atoms with Crippen molar-refractivity contribution < 1.29 is 9.59 Å². The summed E-state index contributed by atoms with van der Waals surface area (Å²) in [6.07, 6.45) is 5.61. The van der Waals surface area contributed by atoms with E-state index in [1.165, 1.54) is 6.08 Å². The second kappa shape index (κ2) is 7.04. The van der Waals surface area contributed by atoms with Crippen molar-refractivity contribution in [1.29, 1.82) is 0 Å². The molecule has 0 spiro atoms. The largest absolute Gasteiger partial charge is 0.352 e. The summed E-state index contributed by atoms with van der Waals surface area (Å²) >= 11 is 0. The summed E-state index contributed by atoms with van der Waals surface area (Å²) in [4.78, 5) is 37.1. The minimum Gasteiger partial charge on any atom is -0.352 e. The number of carbonyl (C=O) groups is 2. The van der Waals surface area contributed by atoms with Crippen molar-refractivity contribution in [3.63, 3.8) is 0 Å². The highest BCUT2D eigenvalue weighted by Crippen LogP contribution is 2.27. The number of carbonyl (C=O) groups excluding carboxylic acids is 2. The molecule has 0 aromatic carbocycles. The molecule has 0 saturated carbocycles. The Morgan fingerprint density at radius 3 is 2.64 bits per heavy atom. The normalized spacial score (nSPS) is 16.5. The van der Waals surface area contributed by atoms with E-state index in [1.54, 1.807) is 11.1 Å². The summed E-state index contributed by atoms with van der Waals surface area (Å²) < 4.78 is 0. The smallest absolute Gasteiger partial charge is 0.253 e. The van der Waals surface area contributed by atoms with Crippen molar-refractivity contribution in [3.8, 4) is 0 Å². The van der Waals surface area contributed by atoms with Gasteiger partial charge in [0.15, 0.2) is 0 Å². The number of hydrogen-bond acceptors (Lipinski definition) is 5. The van der Waals surface area contributed by atoms with Crippen LogP contribution < -0.4 is 10.2 Å². The zero-order chi connectivity index (χ0) is 18.0. The molecule has 3 rings (SSSR count). The van der Waals surface area contributed by atoms with Crippen molar-refractivity contribution in [1.82, 2.24) is 20.2 Å². The average molecular weight is 341 g/mol. The maximum absolute atomic E-state index is 12.3. The van der Waals surface area contributed by atoms with E-state index in [1.807, 2.05) is 19.9 Å². The zero-order valence-corrected chi connectivity index (χ0v) is 14.7. The summed E-state index contributed by atoms with van der Waals surface area (Å²) in [5.41, 5.74) is 2.09. The maximum atomic E-state index is 12.3. The summed E-state index contributed by atoms with van der Waals surface area (Å²) in [7, 11) is 0. The number of rotatable bonds is 4. The molecule has 2 heterocycles. The second-order valence-corrected chi connectivity index (χ2v) is 6.49. The maximum Gasteiger partial charge on any atom is 0.253 e. The van der Waals surface area contributed by atoms with E-state index in [9.17, 15) is 9.59 Å². The Labute approximate surface area is 147 Å². The molecule has 2 aliphatic rings. The SMILES string of the molecule is C=CC(=O)N1CCN(c2cnc3c(n2)C(C(=O)NC(C)C)=CC3)CC1. The lowest BCUT2D eigenvalue weighted by Crippen LogP contribution is -2.48. The van der Waals surface area contributed by atoms with Gasteiger partial charge in [0.25, 0.3) is 5.91 Å². The van der Waals surface area contributed by atoms with Gasteiger partial charge in [0.05, 0.1) is 23.2 Å². The van der Waals surface area contributed by atoms with Gasteiger partial charge in [-0.05, 0) is 19.9 Å². The first-order valence-electron chi connectivity index (χ1n) is 8.53. The number of nitrogens with zero attached hydrogens (tertiary/aromatic N) is 4. The minimum atomic E-state index is -0.110. The van der Waals surface area contributed by atoms with E-state index in [-0.39, 0.29) is 17.9 Å². The molecule has 1 aromatic rings. The second-order valence-electron chi connectivity index (χ2n) is 6.49. The molecular formula is C18H23N5O2. The highest BCUT2D eigenvalue weighted by Gasteiger charge is 2.26. The number of allylic oxidation sites excluding steroid dienone is 1. The van der Waals surface area contributed by atoms with Crippen LogP contribution in [-0.4, -0.2) is 58.9 Å². The predicted octanol–water partition coefficient (Wildman–Crippen LogP) is 0.775. The van der Waals surface area contributed by atoms with E-state index in [0.717, 1.165) is 11.5 Å². The zero-order valence-electron chi connectivity index (χ0n) is 14.7. The van der Waals surface area contributed by atoms with Crippen molar-refractivity contribution in [3.05, 3.63) is 36.3 Å². The summed E-state index contributed by atoms with van der Waals surface area (Å²) in [6.45, 7) is 10.0. The van der Waals surface area contributed by atoms with E-state index >= 15 is 0 Å². The Morgan fingerprint density at radius 1 is 1.28 bits per heavy atom. The molecule has 1 aromatic heterocycles. The van der Waals surface area contributed by atoms with Gasteiger partial charge in [-0.15, -0.1) is 0 Å². The molecule has 1 fully saturated rings. The lowest BCUT2D eigenvalue weighted by Gasteiger charge is -2.34. The molecule has 1 N–H and O–H groups in total. The lowest BCUT2D eigenvalue weighted by atomic mass is 10.2. The van der Waals surface area contributed by atoms with Crippen molar-refractivity contribution in [2.75, 3.05) is 31.1 Å². The number of anilines is 1. The Bertz CT molecular complexity index is 733. The fourth-order valence-electron chi connectivity index (χ4n) is 3.04. The van der Waals surface area contributed by atoms with Gasteiger partial charge in [-0.3, -0.25) is 14.6 Å². The third-order valence-corrected chi connectivity index (χ3v) is 4.34. The van der Waals surface area contributed by atoms with Crippen LogP contribution in [0.2, 0.25) is 0 Å². The van der Waals surface area contributed by atoms with Gasteiger partial charge < -0.3 is 15.1 Å². The number of aromatic nitrogens is 2. The van der Waals surface area contributed by atoms with Gasteiger partial charge in [-0.1, -0.05) is 12.7 Å². The number of nitrogens with one attached hydrogen (secondary N) is 1. The van der Waals surface area contributed by atoms with Gasteiger partial charge in [0.2, 0.25) is 5.91 Å². The highest BCUT2D eigenvalue weighted by atomic mass is 16.2. The molecule has 0 unspecified atom stereocenters. The van der Waals surface area contributed by atoms with Crippen molar-refractivity contribution >= 4 is 23.2 Å². The molecule has 7 heteroatoms. The monoisotopic (exact) mass is 341 g/mol. The van der Waals surface area contributed by atoms with Crippen LogP contribution >= 0.6 is 0 Å². The topological polar surface area (TPSA) is 78.4 Å². The van der Waals surface area contributed by atoms with Crippen LogP contribution in [0.15, 0.2) is 24.9 Å². The standard InChI is InChI=1S/C18H23N5O2/c1-4-16(24)23-9-7-22(8-10-23)15-11-19-14-6-5-13(17(14)21-15)18(25)20-12(2)3/h4-5,11-12H,1,6-10H2,2-3H3,(H,20,25). The number of fused-ring (bicyclic) bond motifs is 1. The molecule has 0 atom stereocenters. The van der Waals surface area contributed by atoms with Gasteiger partial charge >= 0.3 is 0 Å². The summed E-state index contributed by atoms with van der Waals surface area (Å²) in [6, 6.07) is 0.0732. The summed E-state index contributed by atoms with van der Waals surface area (Å²) in [5, 5.41) is 2.91. The number of hydrogen-bond donors (Lipinski definition) is 1. The Balaban J connectivity index is 1.74. The molecule has 0 bridgehead atoms. The number of piperazine rings is 1. The Morgan fingerprint density at radius 2 is 2.00 bits per heavy atom. The quantitative estimate of drug-likeness (QED) is 0.819. The molecular weight excluding hydrogens is 318 g/mol. The minimum absolute atomic E-state index is 0.0461. The van der Waals surface area contributed by atoms with E-state index in [2.05, 4.69) is 26.8 Å². The molecule has 0 radical (unpaired) electrons. The first kappa shape index (κ1) is 17.1. The first-order valence-corrected chi connectivity index (χ1v) is 8.53. The van der Waals surface area contributed by atoms with E-state index in [0.29, 0.717) is 43.9 Å². The van der Waals surface area contributed by atoms with Gasteiger partial charge in [0.1, 0.15) is 5.82 Å². The lowest BCUT2D eigenvalue weighted by molar-refractivity contribution is -0.126. The Kier molecular flexibility index (Phi) is 4.83. The molecule has 2 amide bonds. The van der Waals surface area contributed by atoms with Crippen LogP contribution in [-0.2, 0) is 16.0 Å². The van der Waals surface area contributed by atoms with Crippen LogP contribution in [0, 0.1) is 0 Å². The number of amides is 2. The van der Waals surface area contributed by atoms with Crippen molar-refractivity contribution in [2.45, 2.75) is 26.3 Å². The Hall–Kier alpha value is -2.70. The fraction of sp³-hybridized carbons (Fsp3) is 0.444. The van der Waals surface area contributed by atoms with Gasteiger partial charge in [0, 0.05) is 38.6 Å². The van der Waals surface area contributed by atoms with Crippen LogP contribution in [0.3, 0.4) is 0 Å². The van der Waals surface area contributed by atoms with Crippen molar-refractivity contribution in [2.24, 2.45) is 0 Å². The fourth-order valence-corrected chi connectivity index (χ4v) is 3.04. The highest BCUT2D eigenvalue weighted by molar-refractivity contribution is 6.20. The molecule has 7 nitrogen and oxygen atoms in total. The average Bonchev–Trinajstić information content (AvgIpc) is 3.04. The molecule has 1 aliphatic carbocycles. The van der Waals surface area contributed by atoms with Gasteiger partial charge in [-0.2, -0.15) is 0 Å². The predicted molar refractivity (Wildman–Crippen MR) is 96.0 cm³/mol.